The maximum absolute atomic E-state index is 12.9. The van der Waals surface area contributed by atoms with Gasteiger partial charge < -0.3 is 14.2 Å². The fourth-order valence-electron chi connectivity index (χ4n) is 9.89. The average molecular weight is 1040 g/mol. The van der Waals surface area contributed by atoms with E-state index in [1.165, 1.54) is 238 Å². The molecular weight excluding hydrogens is 913 g/mol. The van der Waals surface area contributed by atoms with Crippen LogP contribution in [0.15, 0.2) is 36.5 Å². The number of allylic oxidation sites excluding steroid dienone is 6. The maximum Gasteiger partial charge on any atom is 0.306 e. The highest BCUT2D eigenvalue weighted by Gasteiger charge is 2.19. The molecule has 434 valence electrons. The van der Waals surface area contributed by atoms with Crippen molar-refractivity contribution in [1.29, 1.82) is 0 Å². The Morgan fingerprint density at radius 2 is 0.514 bits per heavy atom. The third kappa shape index (κ3) is 60.5. The first-order valence-corrected chi connectivity index (χ1v) is 33.0. The Balaban J connectivity index is 4.24. The number of hydrogen-bond acceptors (Lipinski definition) is 6. The number of ether oxygens (including phenoxy) is 3. The predicted octanol–water partition coefficient (Wildman–Crippen LogP) is 22.4. The molecule has 74 heavy (non-hydrogen) atoms. The molecule has 1 unspecified atom stereocenters. The molecule has 0 saturated carbocycles. The van der Waals surface area contributed by atoms with Crippen molar-refractivity contribution in [3.05, 3.63) is 36.5 Å². The maximum atomic E-state index is 12.9. The Hall–Kier alpha value is -2.37. The van der Waals surface area contributed by atoms with E-state index in [4.69, 9.17) is 14.2 Å². The fraction of sp³-hybridized carbons (Fsp3) is 0.868. The van der Waals surface area contributed by atoms with Gasteiger partial charge in [-0.25, -0.2) is 0 Å². The molecule has 0 aliphatic rings. The Morgan fingerprint density at radius 3 is 0.811 bits per heavy atom. The van der Waals surface area contributed by atoms with E-state index in [1.807, 2.05) is 0 Å². The predicted molar refractivity (Wildman–Crippen MR) is 321 cm³/mol. The Morgan fingerprint density at radius 1 is 0.270 bits per heavy atom. The zero-order valence-electron chi connectivity index (χ0n) is 49.9. The third-order valence-corrected chi connectivity index (χ3v) is 14.8. The van der Waals surface area contributed by atoms with Crippen LogP contribution in [-0.4, -0.2) is 37.2 Å². The molecule has 6 heteroatoms. The molecule has 0 radical (unpaired) electrons. The van der Waals surface area contributed by atoms with Crippen LogP contribution in [0, 0.1) is 0 Å². The minimum atomic E-state index is -0.775. The summed E-state index contributed by atoms with van der Waals surface area (Å²) in [6, 6.07) is 0. The molecule has 0 aromatic rings. The van der Waals surface area contributed by atoms with Gasteiger partial charge in [0.25, 0.3) is 0 Å². The van der Waals surface area contributed by atoms with Crippen molar-refractivity contribution < 1.29 is 28.6 Å². The highest BCUT2D eigenvalue weighted by molar-refractivity contribution is 5.71. The van der Waals surface area contributed by atoms with E-state index in [9.17, 15) is 14.4 Å². The van der Waals surface area contributed by atoms with Gasteiger partial charge in [-0.05, 0) is 70.6 Å². The summed E-state index contributed by atoms with van der Waals surface area (Å²) in [5.41, 5.74) is 0. The van der Waals surface area contributed by atoms with Crippen molar-refractivity contribution in [3.63, 3.8) is 0 Å². The summed E-state index contributed by atoms with van der Waals surface area (Å²) in [5.74, 6) is -0.862. The number of carbonyl (C=O) groups excluding carboxylic acids is 3. The lowest BCUT2D eigenvalue weighted by molar-refractivity contribution is -0.167. The van der Waals surface area contributed by atoms with Crippen LogP contribution in [0.4, 0.5) is 0 Å². The van der Waals surface area contributed by atoms with Gasteiger partial charge in [0.05, 0.1) is 0 Å². The van der Waals surface area contributed by atoms with Gasteiger partial charge in [0, 0.05) is 19.3 Å². The van der Waals surface area contributed by atoms with Gasteiger partial charge in [0.15, 0.2) is 6.10 Å². The van der Waals surface area contributed by atoms with E-state index in [0.29, 0.717) is 19.3 Å². The van der Waals surface area contributed by atoms with E-state index >= 15 is 0 Å². The molecule has 0 aromatic heterocycles. The van der Waals surface area contributed by atoms with Gasteiger partial charge in [-0.1, -0.05) is 308 Å². The third-order valence-electron chi connectivity index (χ3n) is 14.8. The highest BCUT2D eigenvalue weighted by Crippen LogP contribution is 2.18. The van der Waals surface area contributed by atoms with Crippen LogP contribution in [0.5, 0.6) is 0 Å². The van der Waals surface area contributed by atoms with Gasteiger partial charge in [-0.3, -0.25) is 14.4 Å². The van der Waals surface area contributed by atoms with Crippen LogP contribution in [0.3, 0.4) is 0 Å². The first-order chi connectivity index (χ1) is 36.5. The van der Waals surface area contributed by atoms with Crippen molar-refractivity contribution in [2.45, 2.75) is 367 Å². The molecule has 0 spiro atoms. The molecule has 0 aliphatic heterocycles. The van der Waals surface area contributed by atoms with E-state index in [1.54, 1.807) is 0 Å². The summed E-state index contributed by atoms with van der Waals surface area (Å²) >= 11 is 0. The van der Waals surface area contributed by atoms with Gasteiger partial charge in [0.1, 0.15) is 13.2 Å². The second-order valence-electron chi connectivity index (χ2n) is 22.4. The normalized spacial score (nSPS) is 12.2. The van der Waals surface area contributed by atoms with Crippen LogP contribution >= 0.6 is 0 Å². The SMILES string of the molecule is CCC/C=C\C/C=C\CCCCCCCC(=O)OCC(COC(=O)CCCCCCCCCCCCCCC/C=C\CCCCCCCCCC)OC(=O)CCCCCCCCCCCCCCCCCCCC. The molecule has 0 aromatic carbocycles. The molecular formula is C68H126O6. The number of esters is 3. The number of carbonyl (C=O) groups is 3. The van der Waals surface area contributed by atoms with Gasteiger partial charge >= 0.3 is 17.9 Å². The van der Waals surface area contributed by atoms with Crippen LogP contribution < -0.4 is 0 Å². The summed E-state index contributed by atoms with van der Waals surface area (Å²) in [6.07, 6.45) is 77.3. The van der Waals surface area contributed by atoms with Crippen molar-refractivity contribution in [1.82, 2.24) is 0 Å². The molecule has 0 fully saturated rings. The lowest BCUT2D eigenvalue weighted by atomic mass is 10.0. The Bertz CT molecular complexity index is 1240. The van der Waals surface area contributed by atoms with Crippen molar-refractivity contribution >= 4 is 17.9 Å². The quantitative estimate of drug-likeness (QED) is 0.0261. The van der Waals surface area contributed by atoms with E-state index in [2.05, 4.69) is 57.2 Å². The molecule has 0 saturated heterocycles. The molecule has 0 bridgehead atoms. The second kappa shape index (κ2) is 63.2. The standard InChI is InChI=1S/C68H126O6/c1-4-7-10-13-16-19-22-25-27-29-31-32-33-34-35-36-37-39-40-43-46-49-52-55-58-61-67(70)73-64-65(63-72-66(69)60-57-54-51-48-45-42-24-21-18-15-12-9-6-3)74-68(71)62-59-56-53-50-47-44-41-38-30-28-26-23-20-17-14-11-8-5-2/h12,15,21,24,29,31,65H,4-11,13-14,16-20,22-23,25-28,30,32-64H2,1-3H3/b15-12-,24-21-,31-29-. The zero-order chi connectivity index (χ0) is 53.6. The largest absolute Gasteiger partial charge is 0.462 e. The second-order valence-corrected chi connectivity index (χ2v) is 22.4. The summed E-state index contributed by atoms with van der Waals surface area (Å²) in [4.78, 5) is 38.3. The lowest BCUT2D eigenvalue weighted by Crippen LogP contribution is -2.30. The molecule has 6 nitrogen and oxygen atoms in total. The highest BCUT2D eigenvalue weighted by atomic mass is 16.6. The van der Waals surface area contributed by atoms with Crippen LogP contribution in [0.1, 0.15) is 361 Å². The molecule has 0 amide bonds. The van der Waals surface area contributed by atoms with Crippen LogP contribution in [-0.2, 0) is 28.6 Å². The summed E-state index contributed by atoms with van der Waals surface area (Å²) in [7, 11) is 0. The van der Waals surface area contributed by atoms with Crippen LogP contribution in [0.25, 0.3) is 0 Å². The van der Waals surface area contributed by atoms with Crippen molar-refractivity contribution in [2.24, 2.45) is 0 Å². The minimum Gasteiger partial charge on any atom is -0.462 e. The first kappa shape index (κ1) is 71.6. The average Bonchev–Trinajstić information content (AvgIpc) is 3.40. The van der Waals surface area contributed by atoms with E-state index in [-0.39, 0.29) is 31.1 Å². The van der Waals surface area contributed by atoms with Gasteiger partial charge in [0.2, 0.25) is 0 Å². The van der Waals surface area contributed by atoms with Crippen molar-refractivity contribution in [3.8, 4) is 0 Å². The Labute approximate surface area is 461 Å². The molecule has 0 aliphatic carbocycles. The first-order valence-electron chi connectivity index (χ1n) is 33.0. The summed E-state index contributed by atoms with van der Waals surface area (Å²) in [6.45, 7) is 6.63. The van der Waals surface area contributed by atoms with Gasteiger partial charge in [-0.15, -0.1) is 0 Å². The van der Waals surface area contributed by atoms with Gasteiger partial charge in [-0.2, -0.15) is 0 Å². The topological polar surface area (TPSA) is 78.9 Å². The van der Waals surface area contributed by atoms with Crippen molar-refractivity contribution in [2.75, 3.05) is 13.2 Å². The number of hydrogen-bond donors (Lipinski definition) is 0. The number of rotatable bonds is 61. The monoisotopic (exact) mass is 1040 g/mol. The van der Waals surface area contributed by atoms with Crippen LogP contribution in [0.2, 0.25) is 0 Å². The molecule has 0 N–H and O–H groups in total. The Kier molecular flexibility index (Phi) is 61.1. The lowest BCUT2D eigenvalue weighted by Gasteiger charge is -2.18. The van der Waals surface area contributed by atoms with E-state index < -0.39 is 6.10 Å². The fourth-order valence-corrected chi connectivity index (χ4v) is 9.89. The molecule has 0 rings (SSSR count). The number of unbranched alkanes of at least 4 members (excludes halogenated alkanes) is 44. The molecule has 0 heterocycles. The molecule has 1 atom stereocenters. The summed E-state index contributed by atoms with van der Waals surface area (Å²) < 4.78 is 16.9. The zero-order valence-corrected chi connectivity index (χ0v) is 49.9. The summed E-state index contributed by atoms with van der Waals surface area (Å²) in [5, 5.41) is 0. The van der Waals surface area contributed by atoms with E-state index in [0.717, 1.165) is 83.5 Å². The smallest absolute Gasteiger partial charge is 0.306 e. The minimum absolute atomic E-state index is 0.0722.